The summed E-state index contributed by atoms with van der Waals surface area (Å²) < 4.78 is 40.7. The number of nitrogens with zero attached hydrogens (tertiary/aromatic N) is 2. The van der Waals surface area contributed by atoms with Crippen molar-refractivity contribution in [3.05, 3.63) is 77.2 Å². The summed E-state index contributed by atoms with van der Waals surface area (Å²) in [4.78, 5) is 19.5. The number of carbonyl (C=O) groups excluding carboxylic acids is 1. The lowest BCUT2D eigenvalue weighted by Gasteiger charge is -2.22. The number of hydrogen-bond donors (Lipinski definition) is 1. The van der Waals surface area contributed by atoms with E-state index in [1.807, 2.05) is 24.3 Å². The summed E-state index contributed by atoms with van der Waals surface area (Å²) in [7, 11) is -1.91. The predicted octanol–water partition coefficient (Wildman–Crippen LogP) is 4.24. The molecule has 0 bridgehead atoms. The molecule has 2 aromatic carbocycles. The Labute approximate surface area is 198 Å². The highest BCUT2D eigenvalue weighted by Crippen LogP contribution is 2.37. The van der Waals surface area contributed by atoms with Crippen molar-refractivity contribution in [1.82, 2.24) is 4.98 Å². The minimum absolute atomic E-state index is 0.0136. The van der Waals surface area contributed by atoms with Gasteiger partial charge in [0.05, 0.1) is 32.7 Å². The van der Waals surface area contributed by atoms with Crippen LogP contribution < -0.4 is 4.90 Å². The minimum atomic E-state index is -3.36. The third kappa shape index (κ3) is 4.12. The Morgan fingerprint density at radius 1 is 1.18 bits per heavy atom. The van der Waals surface area contributed by atoms with Gasteiger partial charge in [0, 0.05) is 37.0 Å². The number of aromatic nitrogens is 1. The van der Waals surface area contributed by atoms with E-state index < -0.39 is 15.5 Å². The van der Waals surface area contributed by atoms with Gasteiger partial charge in [-0.05, 0) is 66.3 Å². The molecule has 0 spiro atoms. The van der Waals surface area contributed by atoms with Crippen molar-refractivity contribution < 1.29 is 18.1 Å². The van der Waals surface area contributed by atoms with E-state index in [1.54, 1.807) is 11.1 Å². The van der Waals surface area contributed by atoms with Crippen LogP contribution in [0.1, 0.15) is 16.7 Å². The molecule has 0 radical (unpaired) electrons. The van der Waals surface area contributed by atoms with Gasteiger partial charge < -0.3 is 9.64 Å². The number of nitrogens with one attached hydrogen (secondary N) is 1. The summed E-state index contributed by atoms with van der Waals surface area (Å²) in [6, 6.07) is 14.8. The Kier molecular flexibility index (Phi) is 5.95. The number of pyridine rings is 1. The third-order valence-corrected chi connectivity index (χ3v) is 8.44. The topological polar surface area (TPSA) is 83.4 Å². The smallest absolute Gasteiger partial charge is 0.230 e. The molecule has 176 valence electrons. The van der Waals surface area contributed by atoms with Gasteiger partial charge in [0.2, 0.25) is 5.91 Å². The summed E-state index contributed by atoms with van der Waals surface area (Å²) in [6.07, 6.45) is 3.59. The van der Waals surface area contributed by atoms with Crippen molar-refractivity contribution in [3.63, 3.8) is 0 Å². The number of hydrogen-bond acceptors (Lipinski definition) is 5. The van der Waals surface area contributed by atoms with Gasteiger partial charge in [-0.15, -0.1) is 0 Å². The lowest BCUT2D eigenvalue weighted by atomic mass is 10.0. The molecule has 0 fully saturated rings. The maximum atomic E-state index is 14.7. The summed E-state index contributed by atoms with van der Waals surface area (Å²) in [6.45, 7) is 0.558. The first-order valence-electron chi connectivity index (χ1n) is 11.3. The van der Waals surface area contributed by atoms with Crippen LogP contribution in [0.5, 0.6) is 0 Å². The van der Waals surface area contributed by atoms with E-state index >= 15 is 0 Å². The molecule has 2 heterocycles. The van der Waals surface area contributed by atoms with Crippen LogP contribution in [-0.2, 0) is 38.5 Å². The molecule has 2 atom stereocenters. The minimum Gasteiger partial charge on any atom is -0.384 e. The Balaban J connectivity index is 1.39. The normalized spacial score (nSPS) is 18.4. The Hall–Kier alpha value is -3.10. The fourth-order valence-corrected chi connectivity index (χ4v) is 6.18. The van der Waals surface area contributed by atoms with Crippen molar-refractivity contribution in [3.8, 4) is 11.3 Å². The number of halogens is 1. The van der Waals surface area contributed by atoms with Crippen molar-refractivity contribution >= 4 is 21.3 Å². The number of benzene rings is 2. The van der Waals surface area contributed by atoms with E-state index in [1.165, 1.54) is 19.2 Å². The molecular formula is C26H26FN3O3S. The second kappa shape index (κ2) is 8.92. The zero-order valence-corrected chi connectivity index (χ0v) is 19.7. The Morgan fingerprint density at radius 2 is 2.00 bits per heavy atom. The van der Waals surface area contributed by atoms with E-state index in [9.17, 15) is 13.4 Å². The monoisotopic (exact) mass is 479 g/mol. The maximum absolute atomic E-state index is 14.7. The van der Waals surface area contributed by atoms with Crippen LogP contribution in [0.4, 0.5) is 10.1 Å². The maximum Gasteiger partial charge on any atom is 0.230 e. The van der Waals surface area contributed by atoms with Crippen LogP contribution in [0, 0.1) is 16.5 Å². The highest BCUT2D eigenvalue weighted by atomic mass is 32.2. The van der Waals surface area contributed by atoms with Crippen molar-refractivity contribution in [1.29, 1.82) is 4.78 Å². The molecule has 0 unspecified atom stereocenters. The van der Waals surface area contributed by atoms with Gasteiger partial charge in [0.25, 0.3) is 0 Å². The lowest BCUT2D eigenvalue weighted by Crippen LogP contribution is -2.35. The highest BCUT2D eigenvalue weighted by Gasteiger charge is 2.35. The number of rotatable bonds is 6. The number of fused-ring (bicyclic) bond motifs is 2. The SMILES string of the molecule is COCC[S@@](=N)(=O)c1cc2c(cc1F)CCN2C(=O)[C@@H]1Cc2ccc(-c3ccccn3)cc2C1. The summed E-state index contributed by atoms with van der Waals surface area (Å²) in [5.41, 5.74) is 5.52. The van der Waals surface area contributed by atoms with Gasteiger partial charge in [-0.1, -0.05) is 18.2 Å². The van der Waals surface area contributed by atoms with E-state index in [4.69, 9.17) is 9.52 Å². The first kappa shape index (κ1) is 22.7. The number of amides is 1. The largest absolute Gasteiger partial charge is 0.384 e. The molecule has 1 aliphatic heterocycles. The van der Waals surface area contributed by atoms with Gasteiger partial charge in [0.15, 0.2) is 0 Å². The van der Waals surface area contributed by atoms with Gasteiger partial charge in [0.1, 0.15) is 5.82 Å². The fraction of sp³-hybridized carbons (Fsp3) is 0.308. The van der Waals surface area contributed by atoms with Crippen LogP contribution >= 0.6 is 0 Å². The number of anilines is 1. The van der Waals surface area contributed by atoms with Crippen LogP contribution in [0.2, 0.25) is 0 Å². The number of methoxy groups -OCH3 is 1. The van der Waals surface area contributed by atoms with Crippen molar-refractivity contribution in [2.75, 3.05) is 30.9 Å². The van der Waals surface area contributed by atoms with Gasteiger partial charge >= 0.3 is 0 Å². The van der Waals surface area contributed by atoms with Crippen LogP contribution in [-0.4, -0.2) is 41.1 Å². The predicted molar refractivity (Wildman–Crippen MR) is 129 cm³/mol. The molecule has 0 saturated heterocycles. The first-order valence-corrected chi connectivity index (χ1v) is 13.0. The van der Waals surface area contributed by atoms with Crippen LogP contribution in [0.15, 0.2) is 59.6 Å². The van der Waals surface area contributed by atoms with E-state index in [0.29, 0.717) is 37.1 Å². The zero-order chi connectivity index (χ0) is 23.9. The average molecular weight is 480 g/mol. The summed E-state index contributed by atoms with van der Waals surface area (Å²) in [5.74, 6) is -0.967. The zero-order valence-electron chi connectivity index (χ0n) is 18.9. The Bertz CT molecular complexity index is 1360. The first-order chi connectivity index (χ1) is 16.4. The summed E-state index contributed by atoms with van der Waals surface area (Å²) in [5, 5.41) is 0. The van der Waals surface area contributed by atoms with Gasteiger partial charge in [-0.2, -0.15) is 0 Å². The number of ether oxygens (including phenoxy) is 1. The van der Waals surface area contributed by atoms with E-state index in [2.05, 4.69) is 17.1 Å². The van der Waals surface area contributed by atoms with Gasteiger partial charge in [-0.25, -0.2) is 13.4 Å². The van der Waals surface area contributed by atoms with Crippen molar-refractivity contribution in [2.45, 2.75) is 24.2 Å². The Morgan fingerprint density at radius 3 is 2.76 bits per heavy atom. The molecule has 0 saturated carbocycles. The molecule has 1 amide bonds. The van der Waals surface area contributed by atoms with E-state index in [0.717, 1.165) is 22.4 Å². The van der Waals surface area contributed by atoms with Crippen LogP contribution in [0.25, 0.3) is 11.3 Å². The molecule has 5 rings (SSSR count). The van der Waals surface area contributed by atoms with Crippen LogP contribution in [0.3, 0.4) is 0 Å². The molecule has 1 N–H and O–H groups in total. The van der Waals surface area contributed by atoms with Gasteiger partial charge in [-0.3, -0.25) is 9.78 Å². The standard InChI is InChI=1S/C26H26FN3O3S/c1-33-10-11-34(28,32)25-16-24-19(15-22(25)27)7-9-30(24)26(31)21-12-17-5-6-18(13-20(17)14-21)23-4-2-3-8-29-23/h2-6,8,13,15-16,21,28H,7,9-12,14H2,1H3/t21-,34-/m1/s1. The molecular weight excluding hydrogens is 453 g/mol. The second-order valence-corrected chi connectivity index (χ2v) is 11.0. The molecule has 2 aliphatic rings. The average Bonchev–Trinajstić information content (AvgIpc) is 3.45. The molecule has 8 heteroatoms. The molecule has 1 aliphatic carbocycles. The molecule has 6 nitrogen and oxygen atoms in total. The molecule has 1 aromatic heterocycles. The fourth-order valence-electron chi connectivity index (χ4n) is 4.89. The van der Waals surface area contributed by atoms with Crippen molar-refractivity contribution in [2.24, 2.45) is 5.92 Å². The lowest BCUT2D eigenvalue weighted by molar-refractivity contribution is -0.122. The number of carbonyl (C=O) groups is 1. The highest BCUT2D eigenvalue weighted by molar-refractivity contribution is 7.92. The molecule has 3 aromatic rings. The van der Waals surface area contributed by atoms with E-state index in [-0.39, 0.29) is 29.1 Å². The second-order valence-electron chi connectivity index (χ2n) is 8.83. The quantitative estimate of drug-likeness (QED) is 0.573. The summed E-state index contributed by atoms with van der Waals surface area (Å²) >= 11 is 0. The third-order valence-electron chi connectivity index (χ3n) is 6.67. The molecule has 34 heavy (non-hydrogen) atoms.